The maximum absolute atomic E-state index is 12.0. The zero-order valence-electron chi connectivity index (χ0n) is 14.0. The summed E-state index contributed by atoms with van der Waals surface area (Å²) in [6, 6.07) is 8.87. The Bertz CT molecular complexity index is 488. The van der Waals surface area contributed by atoms with Crippen LogP contribution in [0.4, 0.5) is 11.4 Å². The smallest absolute Gasteiger partial charge is 0.239 e. The summed E-state index contributed by atoms with van der Waals surface area (Å²) < 4.78 is 0. The summed E-state index contributed by atoms with van der Waals surface area (Å²) in [5.41, 5.74) is 2.31. The lowest BCUT2D eigenvalue weighted by Gasteiger charge is -2.28. The van der Waals surface area contributed by atoms with Crippen LogP contribution in [0.1, 0.15) is 51.4 Å². The minimum absolute atomic E-state index is 0.108. The minimum atomic E-state index is 0.108. The molecule has 2 fully saturated rings. The molecular formula is C19H29N3O. The van der Waals surface area contributed by atoms with E-state index in [1.54, 1.807) is 0 Å². The van der Waals surface area contributed by atoms with E-state index in [0.29, 0.717) is 12.6 Å². The number of amides is 1. The molecule has 0 radical (unpaired) electrons. The molecule has 4 nitrogen and oxygen atoms in total. The Morgan fingerprint density at radius 2 is 1.61 bits per heavy atom. The second kappa shape index (κ2) is 8.23. The molecule has 4 heteroatoms. The molecule has 0 unspecified atom stereocenters. The molecule has 1 saturated carbocycles. The fourth-order valence-corrected chi connectivity index (χ4v) is 3.65. The van der Waals surface area contributed by atoms with Gasteiger partial charge in [-0.2, -0.15) is 0 Å². The second-order valence-corrected chi connectivity index (χ2v) is 6.85. The first-order chi connectivity index (χ1) is 11.3. The number of carbonyl (C=O) groups excluding carboxylic acids is 1. The monoisotopic (exact) mass is 315 g/mol. The SMILES string of the molecule is O=C(CNc1ccc(N2CCCCC2)cc1)NC1CCCCC1. The molecule has 0 aromatic heterocycles. The fraction of sp³-hybridized carbons (Fsp3) is 0.632. The summed E-state index contributed by atoms with van der Waals surface area (Å²) in [6.45, 7) is 2.69. The largest absolute Gasteiger partial charge is 0.376 e. The number of rotatable bonds is 5. The Morgan fingerprint density at radius 3 is 2.30 bits per heavy atom. The van der Waals surface area contributed by atoms with Crippen molar-refractivity contribution in [3.8, 4) is 0 Å². The molecule has 1 aliphatic carbocycles. The molecule has 1 saturated heterocycles. The lowest BCUT2D eigenvalue weighted by Crippen LogP contribution is -2.39. The molecule has 2 N–H and O–H groups in total. The van der Waals surface area contributed by atoms with Gasteiger partial charge in [-0.3, -0.25) is 4.79 Å². The van der Waals surface area contributed by atoms with Crippen LogP contribution in [0.25, 0.3) is 0 Å². The molecule has 23 heavy (non-hydrogen) atoms. The average molecular weight is 315 g/mol. The van der Waals surface area contributed by atoms with Crippen LogP contribution in [0, 0.1) is 0 Å². The molecule has 1 heterocycles. The van der Waals surface area contributed by atoms with Crippen molar-refractivity contribution in [1.29, 1.82) is 0 Å². The summed E-state index contributed by atoms with van der Waals surface area (Å²) >= 11 is 0. The number of carbonyl (C=O) groups is 1. The van der Waals surface area contributed by atoms with E-state index in [9.17, 15) is 4.79 Å². The number of nitrogens with zero attached hydrogens (tertiary/aromatic N) is 1. The minimum Gasteiger partial charge on any atom is -0.376 e. The zero-order chi connectivity index (χ0) is 15.9. The van der Waals surface area contributed by atoms with Crippen molar-refractivity contribution in [1.82, 2.24) is 5.32 Å². The summed E-state index contributed by atoms with van der Waals surface area (Å²) in [5, 5.41) is 6.38. The van der Waals surface area contributed by atoms with Crippen LogP contribution < -0.4 is 15.5 Å². The molecule has 0 spiro atoms. The van der Waals surface area contributed by atoms with Crippen molar-refractivity contribution >= 4 is 17.3 Å². The maximum Gasteiger partial charge on any atom is 0.239 e. The van der Waals surface area contributed by atoms with Gasteiger partial charge in [-0.15, -0.1) is 0 Å². The van der Waals surface area contributed by atoms with E-state index >= 15 is 0 Å². The van der Waals surface area contributed by atoms with Crippen molar-refractivity contribution in [3.05, 3.63) is 24.3 Å². The van der Waals surface area contributed by atoms with E-state index < -0.39 is 0 Å². The van der Waals surface area contributed by atoms with Crippen LogP contribution >= 0.6 is 0 Å². The van der Waals surface area contributed by atoms with Gasteiger partial charge in [0, 0.05) is 30.5 Å². The van der Waals surface area contributed by atoms with E-state index in [1.807, 2.05) is 0 Å². The Hall–Kier alpha value is -1.71. The van der Waals surface area contributed by atoms with Gasteiger partial charge in [0.25, 0.3) is 0 Å². The molecule has 3 rings (SSSR count). The number of benzene rings is 1. The highest BCUT2D eigenvalue weighted by Gasteiger charge is 2.15. The topological polar surface area (TPSA) is 44.4 Å². The van der Waals surface area contributed by atoms with Crippen LogP contribution in [-0.2, 0) is 4.79 Å². The fourth-order valence-electron chi connectivity index (χ4n) is 3.65. The second-order valence-electron chi connectivity index (χ2n) is 6.85. The summed E-state index contributed by atoms with van der Waals surface area (Å²) in [5.74, 6) is 0.108. The van der Waals surface area contributed by atoms with Gasteiger partial charge >= 0.3 is 0 Å². The third-order valence-electron chi connectivity index (χ3n) is 5.01. The first-order valence-corrected chi connectivity index (χ1v) is 9.19. The highest BCUT2D eigenvalue weighted by Crippen LogP contribution is 2.21. The Kier molecular flexibility index (Phi) is 5.78. The first-order valence-electron chi connectivity index (χ1n) is 9.19. The lowest BCUT2D eigenvalue weighted by molar-refractivity contribution is -0.120. The molecule has 1 aromatic rings. The van der Waals surface area contributed by atoms with Crippen LogP contribution in [0.15, 0.2) is 24.3 Å². The van der Waals surface area contributed by atoms with Crippen LogP contribution in [-0.4, -0.2) is 31.6 Å². The van der Waals surface area contributed by atoms with Gasteiger partial charge in [0.15, 0.2) is 0 Å². The third kappa shape index (κ3) is 4.88. The van der Waals surface area contributed by atoms with Crippen LogP contribution in [0.5, 0.6) is 0 Å². The number of anilines is 2. The quantitative estimate of drug-likeness (QED) is 0.873. The normalized spacial score (nSPS) is 19.4. The summed E-state index contributed by atoms with van der Waals surface area (Å²) in [6.07, 6.45) is 10.0. The third-order valence-corrected chi connectivity index (χ3v) is 5.01. The highest BCUT2D eigenvalue weighted by molar-refractivity contribution is 5.81. The Balaban J connectivity index is 1.43. The average Bonchev–Trinajstić information content (AvgIpc) is 2.62. The predicted octanol–water partition coefficient (Wildman–Crippen LogP) is 3.54. The lowest BCUT2D eigenvalue weighted by atomic mass is 9.95. The van der Waals surface area contributed by atoms with Gasteiger partial charge in [-0.1, -0.05) is 19.3 Å². The molecular weight excluding hydrogens is 286 g/mol. The number of hydrogen-bond acceptors (Lipinski definition) is 3. The van der Waals surface area contributed by atoms with Gasteiger partial charge in [0.05, 0.1) is 6.54 Å². The first kappa shape index (κ1) is 16.2. The Labute approximate surface area is 139 Å². The van der Waals surface area contributed by atoms with E-state index in [1.165, 1.54) is 44.2 Å². The molecule has 1 amide bonds. The van der Waals surface area contributed by atoms with Crippen molar-refractivity contribution in [2.75, 3.05) is 29.9 Å². The van der Waals surface area contributed by atoms with Crippen LogP contribution in [0.2, 0.25) is 0 Å². The number of nitrogens with one attached hydrogen (secondary N) is 2. The molecule has 0 atom stereocenters. The van der Waals surface area contributed by atoms with Gasteiger partial charge in [0.2, 0.25) is 5.91 Å². The van der Waals surface area contributed by atoms with Crippen molar-refractivity contribution in [2.24, 2.45) is 0 Å². The van der Waals surface area contributed by atoms with Crippen molar-refractivity contribution < 1.29 is 4.79 Å². The van der Waals surface area contributed by atoms with Gasteiger partial charge in [-0.25, -0.2) is 0 Å². The standard InChI is InChI=1S/C19H29N3O/c23-19(21-17-7-3-1-4-8-17)15-20-16-9-11-18(12-10-16)22-13-5-2-6-14-22/h9-12,17,20H,1-8,13-15H2,(H,21,23). The molecule has 1 aliphatic heterocycles. The summed E-state index contributed by atoms with van der Waals surface area (Å²) in [7, 11) is 0. The highest BCUT2D eigenvalue weighted by atomic mass is 16.1. The van der Waals surface area contributed by atoms with E-state index in [2.05, 4.69) is 39.8 Å². The molecule has 2 aliphatic rings. The van der Waals surface area contributed by atoms with Gasteiger partial charge in [-0.05, 0) is 56.4 Å². The number of piperidine rings is 1. The van der Waals surface area contributed by atoms with E-state index in [0.717, 1.165) is 31.6 Å². The Morgan fingerprint density at radius 1 is 0.957 bits per heavy atom. The molecule has 1 aromatic carbocycles. The van der Waals surface area contributed by atoms with Crippen molar-refractivity contribution in [3.63, 3.8) is 0 Å². The van der Waals surface area contributed by atoms with Gasteiger partial charge < -0.3 is 15.5 Å². The van der Waals surface area contributed by atoms with Gasteiger partial charge in [0.1, 0.15) is 0 Å². The molecule has 126 valence electrons. The predicted molar refractivity (Wildman–Crippen MR) is 96.0 cm³/mol. The van der Waals surface area contributed by atoms with E-state index in [4.69, 9.17) is 0 Å². The maximum atomic E-state index is 12.0. The van der Waals surface area contributed by atoms with Crippen molar-refractivity contribution in [2.45, 2.75) is 57.4 Å². The zero-order valence-corrected chi connectivity index (χ0v) is 14.0. The molecule has 0 bridgehead atoms. The van der Waals surface area contributed by atoms with Crippen LogP contribution in [0.3, 0.4) is 0 Å². The number of hydrogen-bond donors (Lipinski definition) is 2. The van der Waals surface area contributed by atoms with E-state index in [-0.39, 0.29) is 5.91 Å². The summed E-state index contributed by atoms with van der Waals surface area (Å²) in [4.78, 5) is 14.5.